The molecule has 2 amide bonds. The number of rotatable bonds is 7. The first-order valence-electron chi connectivity index (χ1n) is 9.67. The lowest BCUT2D eigenvalue weighted by Gasteiger charge is -2.36. The van der Waals surface area contributed by atoms with E-state index in [1.165, 1.54) is 29.2 Å². The summed E-state index contributed by atoms with van der Waals surface area (Å²) in [6.07, 6.45) is 0. The van der Waals surface area contributed by atoms with E-state index in [-0.39, 0.29) is 18.8 Å². The minimum atomic E-state index is -0.809. The summed E-state index contributed by atoms with van der Waals surface area (Å²) in [5.74, 6) is -0.592. The lowest BCUT2D eigenvalue weighted by Crippen LogP contribution is -2.49. The fraction of sp³-hybridized carbons (Fsp3) is 0.273. The number of nitrogens with one attached hydrogen (secondary N) is 1. The Balaban J connectivity index is 2.07. The van der Waals surface area contributed by atoms with Crippen LogP contribution in [0.2, 0.25) is 10.0 Å². The van der Waals surface area contributed by atoms with Gasteiger partial charge in [0, 0.05) is 6.54 Å². The summed E-state index contributed by atoms with van der Waals surface area (Å²) in [5.41, 5.74) is 1.15. The normalized spacial score (nSPS) is 16.2. The van der Waals surface area contributed by atoms with E-state index in [1.807, 2.05) is 0 Å². The van der Waals surface area contributed by atoms with Crippen LogP contribution in [0.5, 0.6) is 5.75 Å². The summed E-state index contributed by atoms with van der Waals surface area (Å²) in [6, 6.07) is 9.12. The van der Waals surface area contributed by atoms with Crippen LogP contribution in [0.15, 0.2) is 53.7 Å². The van der Waals surface area contributed by atoms with Crippen LogP contribution in [-0.4, -0.2) is 36.7 Å². The number of likely N-dealkylation sites (N-methyl/N-ethyl adjacent to an activating group) is 1. The maximum atomic E-state index is 13.2. The Morgan fingerprint density at radius 3 is 2.45 bits per heavy atom. The molecule has 0 saturated heterocycles. The Hall–Kier alpha value is -2.77. The molecule has 0 aromatic heterocycles. The van der Waals surface area contributed by atoms with Crippen molar-refractivity contribution in [3.63, 3.8) is 0 Å². The molecule has 0 radical (unpaired) electrons. The van der Waals surface area contributed by atoms with E-state index in [4.69, 9.17) is 32.7 Å². The lowest BCUT2D eigenvalue weighted by molar-refractivity contribution is -0.139. The number of nitrogens with zero attached hydrogens (tertiary/aromatic N) is 1. The molecule has 1 aliphatic rings. The van der Waals surface area contributed by atoms with E-state index in [9.17, 15) is 14.0 Å². The van der Waals surface area contributed by atoms with Crippen LogP contribution in [0.4, 0.5) is 9.18 Å². The van der Waals surface area contributed by atoms with Crippen LogP contribution in [0, 0.1) is 5.82 Å². The molecule has 1 atom stereocenters. The largest absolute Gasteiger partial charge is 0.487 e. The van der Waals surface area contributed by atoms with E-state index < -0.39 is 23.9 Å². The molecule has 6 nitrogen and oxygen atoms in total. The number of esters is 1. The van der Waals surface area contributed by atoms with Crippen molar-refractivity contribution in [3.05, 3.63) is 75.2 Å². The molecular formula is C22H21Cl2FN2O4. The van der Waals surface area contributed by atoms with Crippen molar-refractivity contribution in [1.29, 1.82) is 0 Å². The first-order valence-corrected chi connectivity index (χ1v) is 10.4. The van der Waals surface area contributed by atoms with Gasteiger partial charge in [-0.3, -0.25) is 4.90 Å². The topological polar surface area (TPSA) is 67.9 Å². The number of amides is 2. The van der Waals surface area contributed by atoms with Crippen LogP contribution >= 0.6 is 23.2 Å². The Morgan fingerprint density at radius 2 is 1.84 bits per heavy atom. The van der Waals surface area contributed by atoms with E-state index in [0.29, 0.717) is 33.6 Å². The van der Waals surface area contributed by atoms with Crippen LogP contribution in [0.1, 0.15) is 25.5 Å². The molecule has 31 heavy (non-hydrogen) atoms. The van der Waals surface area contributed by atoms with Crippen molar-refractivity contribution in [1.82, 2.24) is 10.2 Å². The van der Waals surface area contributed by atoms with Crippen molar-refractivity contribution in [2.45, 2.75) is 19.9 Å². The van der Waals surface area contributed by atoms with Gasteiger partial charge in [-0.1, -0.05) is 29.3 Å². The second-order valence-corrected chi connectivity index (χ2v) is 7.44. The number of halogens is 3. The fourth-order valence-electron chi connectivity index (χ4n) is 3.27. The maximum Gasteiger partial charge on any atom is 0.338 e. The molecule has 2 aromatic rings. The third kappa shape index (κ3) is 5.11. The summed E-state index contributed by atoms with van der Waals surface area (Å²) in [7, 11) is 0. The monoisotopic (exact) mass is 466 g/mol. The smallest absolute Gasteiger partial charge is 0.338 e. The van der Waals surface area contributed by atoms with Gasteiger partial charge in [0.1, 0.15) is 18.2 Å². The Kier molecular flexibility index (Phi) is 7.41. The van der Waals surface area contributed by atoms with E-state index in [1.54, 1.807) is 32.0 Å². The number of benzene rings is 2. The SMILES string of the molecule is CCOC(=O)C1=C(COc2ccc(F)cc2)N(CC)C(=O)N[C@H]1c1ccc(Cl)c(Cl)c1. The van der Waals surface area contributed by atoms with Gasteiger partial charge in [-0.05, 0) is 55.8 Å². The van der Waals surface area contributed by atoms with E-state index in [0.717, 1.165) is 0 Å². The summed E-state index contributed by atoms with van der Waals surface area (Å²) < 4.78 is 24.2. The molecule has 1 N–H and O–H groups in total. The van der Waals surface area contributed by atoms with Gasteiger partial charge in [0.25, 0.3) is 0 Å². The molecule has 0 bridgehead atoms. The van der Waals surface area contributed by atoms with Gasteiger partial charge in [0.15, 0.2) is 0 Å². The second-order valence-electron chi connectivity index (χ2n) is 6.62. The first kappa shape index (κ1) is 22.9. The molecule has 0 aliphatic carbocycles. The number of hydrogen-bond acceptors (Lipinski definition) is 4. The molecule has 9 heteroatoms. The second kappa shape index (κ2) is 10.0. The average molecular weight is 467 g/mol. The Bertz CT molecular complexity index is 1010. The van der Waals surface area contributed by atoms with Crippen LogP contribution in [0.25, 0.3) is 0 Å². The number of urea groups is 1. The van der Waals surface area contributed by atoms with Gasteiger partial charge >= 0.3 is 12.0 Å². The van der Waals surface area contributed by atoms with Gasteiger partial charge in [0.05, 0.1) is 34.0 Å². The highest BCUT2D eigenvalue weighted by Gasteiger charge is 2.38. The minimum absolute atomic E-state index is 0.0984. The van der Waals surface area contributed by atoms with Crippen molar-refractivity contribution < 1.29 is 23.5 Å². The molecule has 1 heterocycles. The number of hydrogen-bond donors (Lipinski definition) is 1. The van der Waals surface area contributed by atoms with Crippen LogP contribution in [-0.2, 0) is 9.53 Å². The van der Waals surface area contributed by atoms with Crippen LogP contribution in [0.3, 0.4) is 0 Å². The highest BCUT2D eigenvalue weighted by atomic mass is 35.5. The maximum absolute atomic E-state index is 13.2. The van der Waals surface area contributed by atoms with Crippen molar-refractivity contribution in [2.75, 3.05) is 19.8 Å². The Morgan fingerprint density at radius 1 is 1.13 bits per heavy atom. The number of carbonyl (C=O) groups is 2. The predicted octanol–water partition coefficient (Wildman–Crippen LogP) is 5.11. The standard InChI is InChI=1S/C22H21Cl2FN2O4/c1-3-27-18(12-31-15-8-6-14(25)7-9-15)19(21(28)30-4-2)20(26-22(27)29)13-5-10-16(23)17(24)11-13/h5-11,20H,3-4,12H2,1-2H3,(H,26,29)/t20-/m0/s1. The van der Waals surface area contributed by atoms with E-state index >= 15 is 0 Å². The number of ether oxygens (including phenoxy) is 2. The Labute approximate surface area is 189 Å². The zero-order valence-corrected chi connectivity index (χ0v) is 18.5. The molecule has 0 unspecified atom stereocenters. The zero-order valence-electron chi connectivity index (χ0n) is 17.0. The zero-order chi connectivity index (χ0) is 22.5. The summed E-state index contributed by atoms with van der Waals surface area (Å²) in [4.78, 5) is 27.2. The van der Waals surface area contributed by atoms with Gasteiger partial charge in [-0.25, -0.2) is 14.0 Å². The van der Waals surface area contributed by atoms with Gasteiger partial charge in [0.2, 0.25) is 0 Å². The van der Waals surface area contributed by atoms with Crippen molar-refractivity contribution in [3.8, 4) is 5.75 Å². The van der Waals surface area contributed by atoms with Crippen molar-refractivity contribution >= 4 is 35.2 Å². The molecule has 1 aliphatic heterocycles. The average Bonchev–Trinajstić information content (AvgIpc) is 2.75. The summed E-state index contributed by atoms with van der Waals surface area (Å²) in [6.45, 7) is 3.83. The molecule has 0 saturated carbocycles. The quantitative estimate of drug-likeness (QED) is 0.575. The predicted molar refractivity (Wildman–Crippen MR) is 116 cm³/mol. The first-order chi connectivity index (χ1) is 14.8. The molecule has 0 fully saturated rings. The molecular weight excluding hydrogens is 446 g/mol. The number of carbonyl (C=O) groups excluding carboxylic acids is 2. The molecule has 2 aromatic carbocycles. The van der Waals surface area contributed by atoms with Gasteiger partial charge in [-0.2, -0.15) is 0 Å². The molecule has 164 valence electrons. The minimum Gasteiger partial charge on any atom is -0.487 e. The fourth-order valence-corrected chi connectivity index (χ4v) is 3.57. The third-order valence-corrected chi connectivity index (χ3v) is 5.46. The molecule has 0 spiro atoms. The third-order valence-electron chi connectivity index (χ3n) is 4.72. The highest BCUT2D eigenvalue weighted by Crippen LogP contribution is 2.34. The summed E-state index contributed by atoms with van der Waals surface area (Å²) in [5, 5.41) is 3.47. The van der Waals surface area contributed by atoms with Crippen LogP contribution < -0.4 is 10.1 Å². The van der Waals surface area contributed by atoms with E-state index in [2.05, 4.69) is 5.32 Å². The summed E-state index contributed by atoms with van der Waals surface area (Å²) >= 11 is 12.2. The lowest BCUT2D eigenvalue weighted by atomic mass is 9.94. The molecule has 3 rings (SSSR count). The van der Waals surface area contributed by atoms with Gasteiger partial charge in [-0.15, -0.1) is 0 Å². The highest BCUT2D eigenvalue weighted by molar-refractivity contribution is 6.42. The van der Waals surface area contributed by atoms with Gasteiger partial charge < -0.3 is 14.8 Å². The van der Waals surface area contributed by atoms with Crippen molar-refractivity contribution in [2.24, 2.45) is 0 Å².